The highest BCUT2D eigenvalue weighted by Crippen LogP contribution is 2.23. The van der Waals surface area contributed by atoms with Crippen molar-refractivity contribution in [3.63, 3.8) is 0 Å². The van der Waals surface area contributed by atoms with Crippen molar-refractivity contribution in [1.29, 1.82) is 0 Å². The molecule has 2 aromatic carbocycles. The highest BCUT2D eigenvalue weighted by molar-refractivity contribution is 6.32. The van der Waals surface area contributed by atoms with Crippen molar-refractivity contribution in [2.45, 2.75) is 25.9 Å². The number of nitrogens with zero attached hydrogens (tertiary/aromatic N) is 3. The summed E-state index contributed by atoms with van der Waals surface area (Å²) in [6.07, 6.45) is 3.61. The van der Waals surface area contributed by atoms with Crippen LogP contribution in [0.15, 0.2) is 76.6 Å². The van der Waals surface area contributed by atoms with Gasteiger partial charge in [-0.2, -0.15) is 0 Å². The molecule has 1 N–H and O–H groups in total. The normalized spacial score (nSPS) is 12.0. The molecule has 0 radical (unpaired) electrons. The highest BCUT2D eigenvalue weighted by Gasteiger charge is 2.25. The van der Waals surface area contributed by atoms with E-state index >= 15 is 0 Å². The topological polar surface area (TPSA) is 86.0 Å². The number of amides is 1. The van der Waals surface area contributed by atoms with E-state index in [4.69, 9.17) is 23.2 Å². The van der Waals surface area contributed by atoms with Crippen molar-refractivity contribution in [2.75, 3.05) is 0 Å². The Kier molecular flexibility index (Phi) is 6.62. The molecule has 4 aromatic rings. The molecule has 0 bridgehead atoms. The summed E-state index contributed by atoms with van der Waals surface area (Å²) in [7, 11) is 0. The van der Waals surface area contributed by atoms with Gasteiger partial charge in [0, 0.05) is 24.0 Å². The summed E-state index contributed by atoms with van der Waals surface area (Å²) in [6.45, 7) is 2.04. The zero-order valence-electron chi connectivity index (χ0n) is 17.7. The summed E-state index contributed by atoms with van der Waals surface area (Å²) in [5.74, 6) is -0.367. The second-order valence-electron chi connectivity index (χ2n) is 7.41. The van der Waals surface area contributed by atoms with E-state index in [9.17, 15) is 14.4 Å². The Morgan fingerprint density at radius 3 is 2.58 bits per heavy atom. The molecule has 2 aromatic heterocycles. The van der Waals surface area contributed by atoms with Crippen molar-refractivity contribution >= 4 is 40.0 Å². The van der Waals surface area contributed by atoms with E-state index in [1.807, 2.05) is 6.07 Å². The number of carbonyl (C=O) groups is 1. The van der Waals surface area contributed by atoms with Gasteiger partial charge in [0.2, 0.25) is 5.91 Å². The van der Waals surface area contributed by atoms with Gasteiger partial charge in [0.25, 0.3) is 5.56 Å². The van der Waals surface area contributed by atoms with E-state index in [0.717, 1.165) is 10.1 Å². The lowest BCUT2D eigenvalue weighted by Gasteiger charge is -2.22. The molecule has 0 aliphatic heterocycles. The fourth-order valence-electron chi connectivity index (χ4n) is 3.74. The molecule has 0 aliphatic carbocycles. The molecule has 9 heteroatoms. The average Bonchev–Trinajstić information content (AvgIpc) is 2.82. The van der Waals surface area contributed by atoms with Crippen LogP contribution in [0.2, 0.25) is 10.0 Å². The quantitative estimate of drug-likeness (QED) is 0.447. The predicted molar refractivity (Wildman–Crippen MR) is 129 cm³/mol. The second kappa shape index (κ2) is 9.60. The van der Waals surface area contributed by atoms with E-state index in [1.165, 1.54) is 10.6 Å². The van der Waals surface area contributed by atoms with E-state index < -0.39 is 17.3 Å². The summed E-state index contributed by atoms with van der Waals surface area (Å²) in [6, 6.07) is 13.9. The van der Waals surface area contributed by atoms with Crippen LogP contribution in [0.3, 0.4) is 0 Å². The Hall–Kier alpha value is -3.42. The van der Waals surface area contributed by atoms with E-state index in [2.05, 4.69) is 10.3 Å². The molecule has 2 heterocycles. The number of rotatable bonds is 6. The molecule has 7 nitrogen and oxygen atoms in total. The first kappa shape index (κ1) is 22.8. The molecule has 0 spiro atoms. The van der Waals surface area contributed by atoms with Crippen LogP contribution in [0.1, 0.15) is 24.9 Å². The number of nitrogens with one attached hydrogen (secondary N) is 1. The summed E-state index contributed by atoms with van der Waals surface area (Å²) < 4.78 is 2.31. The van der Waals surface area contributed by atoms with Gasteiger partial charge < -0.3 is 5.32 Å². The summed E-state index contributed by atoms with van der Waals surface area (Å²) >= 11 is 12.5. The fourth-order valence-corrected chi connectivity index (χ4v) is 4.13. The minimum Gasteiger partial charge on any atom is -0.350 e. The van der Waals surface area contributed by atoms with E-state index in [0.29, 0.717) is 11.4 Å². The first-order chi connectivity index (χ1) is 15.9. The van der Waals surface area contributed by atoms with E-state index in [1.54, 1.807) is 61.8 Å². The molecule has 4 rings (SSSR count). The van der Waals surface area contributed by atoms with Gasteiger partial charge in [0.1, 0.15) is 6.04 Å². The van der Waals surface area contributed by atoms with Crippen LogP contribution in [0.25, 0.3) is 16.6 Å². The molecule has 1 atom stereocenters. The molecule has 33 heavy (non-hydrogen) atoms. The number of fused-ring (bicyclic) bond motifs is 1. The number of para-hydroxylation sites is 1. The standard InChI is InChI=1S/C24H20Cl2N4O3/c1-2-19(22(31)28-14-15-6-5-11-27-13-15)29-21-12-16(25)9-10-17(21)23(32)30(24(29)33)20-8-4-3-7-18(20)26/h3-13,19H,2,14H2,1H3,(H,28,31). The predicted octanol–water partition coefficient (Wildman–Crippen LogP) is 4.12. The third-order valence-corrected chi connectivity index (χ3v) is 5.89. The van der Waals surface area contributed by atoms with Crippen molar-refractivity contribution < 1.29 is 4.79 Å². The molecular formula is C24H20Cl2N4O3. The summed E-state index contributed by atoms with van der Waals surface area (Å²) in [4.78, 5) is 44.2. The van der Waals surface area contributed by atoms with Crippen LogP contribution in [-0.4, -0.2) is 20.0 Å². The van der Waals surface area contributed by atoms with Gasteiger partial charge in [-0.3, -0.25) is 19.1 Å². The number of pyridine rings is 1. The van der Waals surface area contributed by atoms with Crippen LogP contribution < -0.4 is 16.6 Å². The molecule has 168 valence electrons. The molecule has 0 aliphatic rings. The molecule has 0 fully saturated rings. The first-order valence-electron chi connectivity index (χ1n) is 10.3. The smallest absolute Gasteiger partial charge is 0.336 e. The van der Waals surface area contributed by atoms with E-state index in [-0.39, 0.29) is 34.1 Å². The maximum absolute atomic E-state index is 13.7. The second-order valence-corrected chi connectivity index (χ2v) is 8.25. The maximum atomic E-state index is 13.7. The van der Waals surface area contributed by atoms with Gasteiger partial charge in [0.15, 0.2) is 0 Å². The number of aromatic nitrogens is 3. The fraction of sp³-hybridized carbons (Fsp3) is 0.167. The lowest BCUT2D eigenvalue weighted by atomic mass is 10.1. The van der Waals surface area contributed by atoms with Gasteiger partial charge >= 0.3 is 5.69 Å². The van der Waals surface area contributed by atoms with Gasteiger partial charge in [-0.25, -0.2) is 9.36 Å². The van der Waals surface area contributed by atoms with Gasteiger partial charge in [-0.1, -0.05) is 48.3 Å². The minimum atomic E-state index is -0.885. The minimum absolute atomic E-state index is 0.241. The summed E-state index contributed by atoms with van der Waals surface area (Å²) in [5.41, 5.74) is 0.129. The molecule has 1 unspecified atom stereocenters. The Morgan fingerprint density at radius 2 is 1.88 bits per heavy atom. The lowest BCUT2D eigenvalue weighted by Crippen LogP contribution is -2.44. The number of hydrogen-bond acceptors (Lipinski definition) is 4. The van der Waals surface area contributed by atoms with Gasteiger partial charge in [-0.05, 0) is 48.4 Å². The zero-order valence-corrected chi connectivity index (χ0v) is 19.2. The van der Waals surface area contributed by atoms with Gasteiger partial charge in [0.05, 0.1) is 21.6 Å². The zero-order chi connectivity index (χ0) is 23.5. The van der Waals surface area contributed by atoms with Crippen molar-refractivity contribution in [3.8, 4) is 5.69 Å². The third kappa shape index (κ3) is 4.42. The molecule has 1 amide bonds. The molecule has 0 saturated heterocycles. The SMILES string of the molecule is CCC(C(=O)NCc1cccnc1)n1c(=O)n(-c2ccccc2Cl)c(=O)c2ccc(Cl)cc21. The Balaban J connectivity index is 1.90. The average molecular weight is 483 g/mol. The number of benzene rings is 2. The van der Waals surface area contributed by atoms with Crippen molar-refractivity contribution in [1.82, 2.24) is 19.4 Å². The first-order valence-corrected chi connectivity index (χ1v) is 11.1. The maximum Gasteiger partial charge on any atom is 0.336 e. The summed E-state index contributed by atoms with van der Waals surface area (Å²) in [5, 5.41) is 3.69. The van der Waals surface area contributed by atoms with Crippen LogP contribution in [0, 0.1) is 0 Å². The monoisotopic (exact) mass is 482 g/mol. The van der Waals surface area contributed by atoms with Crippen molar-refractivity contribution in [3.05, 3.63) is 103 Å². The highest BCUT2D eigenvalue weighted by atomic mass is 35.5. The number of halogens is 2. The van der Waals surface area contributed by atoms with Crippen LogP contribution in [0.5, 0.6) is 0 Å². The Labute approximate surface area is 199 Å². The van der Waals surface area contributed by atoms with Crippen LogP contribution in [-0.2, 0) is 11.3 Å². The number of hydrogen-bond donors (Lipinski definition) is 1. The van der Waals surface area contributed by atoms with Crippen LogP contribution in [0.4, 0.5) is 0 Å². The third-order valence-electron chi connectivity index (χ3n) is 5.33. The van der Waals surface area contributed by atoms with Crippen LogP contribution >= 0.6 is 23.2 Å². The van der Waals surface area contributed by atoms with Crippen molar-refractivity contribution in [2.24, 2.45) is 0 Å². The lowest BCUT2D eigenvalue weighted by molar-refractivity contribution is -0.124. The molecular weight excluding hydrogens is 463 g/mol. The largest absolute Gasteiger partial charge is 0.350 e. The molecule has 0 saturated carbocycles. The van der Waals surface area contributed by atoms with Gasteiger partial charge in [-0.15, -0.1) is 0 Å². The Morgan fingerprint density at radius 1 is 1.09 bits per heavy atom. The number of carbonyl (C=O) groups excluding carboxylic acids is 1. The Bertz CT molecular complexity index is 1450.